The maximum Gasteiger partial charge on any atom is 0.417 e. The first-order valence-electron chi connectivity index (χ1n) is 27.0. The van der Waals surface area contributed by atoms with Gasteiger partial charge in [-0.2, -0.15) is 31.6 Å². The average molecular weight is 1150 g/mol. The minimum absolute atomic E-state index is 0.0283. The van der Waals surface area contributed by atoms with Crippen LogP contribution in [-0.2, 0) is 12.4 Å². The number of hydrogen-bond donors (Lipinski definition) is 0. The lowest BCUT2D eigenvalue weighted by molar-refractivity contribution is -0.142. The molecule has 6 heterocycles. The second-order valence-corrected chi connectivity index (χ2v) is 20.8. The van der Waals surface area contributed by atoms with Gasteiger partial charge in [0.25, 0.3) is 0 Å². The molecule has 0 fully saturated rings. The van der Waals surface area contributed by atoms with Crippen LogP contribution in [0, 0.1) is 66.7 Å². The summed E-state index contributed by atoms with van der Waals surface area (Å²) in [6, 6.07) is 35.7. The van der Waals surface area contributed by atoms with Crippen LogP contribution in [0.5, 0.6) is 0 Å². The van der Waals surface area contributed by atoms with E-state index in [1.54, 1.807) is 90.3 Å². The highest BCUT2D eigenvalue weighted by molar-refractivity contribution is 6.14. The number of fused-ring (bicyclic) bond motifs is 6. The zero-order valence-electron chi connectivity index (χ0n) is 47.1. The van der Waals surface area contributed by atoms with Crippen LogP contribution in [0.2, 0.25) is 0 Å². The van der Waals surface area contributed by atoms with Crippen molar-refractivity contribution in [3.63, 3.8) is 0 Å². The van der Waals surface area contributed by atoms with Crippen molar-refractivity contribution in [3.05, 3.63) is 191 Å². The monoisotopic (exact) mass is 1150 g/mol. The van der Waals surface area contributed by atoms with E-state index in [1.165, 1.54) is 18.2 Å². The van der Waals surface area contributed by atoms with Crippen molar-refractivity contribution in [2.45, 2.75) is 67.7 Å². The van der Waals surface area contributed by atoms with E-state index in [0.717, 1.165) is 6.07 Å². The molecule has 0 atom stereocenters. The van der Waals surface area contributed by atoms with Gasteiger partial charge in [0.1, 0.15) is 46.6 Å². The molecule has 15 nitrogen and oxygen atoms in total. The van der Waals surface area contributed by atoms with Crippen LogP contribution in [-0.4, -0.2) is 68.9 Å². The number of hydrogen-bond acceptors (Lipinski definition) is 13. The lowest BCUT2D eigenvalue weighted by Gasteiger charge is -2.25. The highest BCUT2D eigenvalue weighted by atomic mass is 19.4. The average Bonchev–Trinajstić information content (AvgIpc) is 1.48. The molecule has 0 spiro atoms. The molecule has 13 aromatic rings. The predicted octanol–water partition coefficient (Wildman–Crippen LogP) is 15.0. The number of benzene rings is 7. The summed E-state index contributed by atoms with van der Waals surface area (Å²) in [6.07, 6.45) is -10.6. The first-order chi connectivity index (χ1) is 41.1. The van der Waals surface area contributed by atoms with E-state index in [4.69, 9.17) is 0 Å². The number of alkyl halides is 6. The fourth-order valence-corrected chi connectivity index (χ4v) is 11.7. The van der Waals surface area contributed by atoms with Gasteiger partial charge in [-0.1, -0.05) is 24.3 Å². The Hall–Kier alpha value is -10.8. The van der Waals surface area contributed by atoms with Crippen LogP contribution >= 0.6 is 0 Å². The van der Waals surface area contributed by atoms with Gasteiger partial charge in [0.15, 0.2) is 23.3 Å². The third-order valence-corrected chi connectivity index (χ3v) is 14.9. The van der Waals surface area contributed by atoms with Gasteiger partial charge in [-0.15, -0.1) is 0 Å². The summed E-state index contributed by atoms with van der Waals surface area (Å²) in [6.45, 7) is 14.1. The second kappa shape index (κ2) is 20.3. The van der Waals surface area contributed by atoms with Gasteiger partial charge in [-0.05, 0) is 164 Å². The van der Waals surface area contributed by atoms with Gasteiger partial charge >= 0.3 is 12.4 Å². The van der Waals surface area contributed by atoms with E-state index in [-0.39, 0.29) is 28.1 Å². The summed E-state index contributed by atoms with van der Waals surface area (Å²) in [5.41, 5.74) is 0.146. The van der Waals surface area contributed by atoms with E-state index < -0.39 is 34.6 Å². The minimum Gasteiger partial charge on any atom is -0.309 e. The fourth-order valence-electron chi connectivity index (χ4n) is 11.7. The number of aryl methyl sites for hydroxylation is 8. The van der Waals surface area contributed by atoms with Crippen molar-refractivity contribution in [1.29, 1.82) is 5.26 Å². The smallest absolute Gasteiger partial charge is 0.309 e. The van der Waals surface area contributed by atoms with Crippen LogP contribution in [0.3, 0.4) is 0 Å². The minimum atomic E-state index is -5.30. The second-order valence-electron chi connectivity index (χ2n) is 20.8. The van der Waals surface area contributed by atoms with Crippen molar-refractivity contribution >= 4 is 43.6 Å². The van der Waals surface area contributed by atoms with Gasteiger partial charge in [-0.25, -0.2) is 59.8 Å². The molecule has 0 aliphatic carbocycles. The summed E-state index contributed by atoms with van der Waals surface area (Å²) in [5, 5.41) is 14.0. The lowest BCUT2D eigenvalue weighted by atomic mass is 9.85. The van der Waals surface area contributed by atoms with E-state index in [9.17, 15) is 5.26 Å². The van der Waals surface area contributed by atoms with E-state index in [0.29, 0.717) is 148 Å². The highest BCUT2D eigenvalue weighted by Gasteiger charge is 2.42. The molecular weight excluding hydrogens is 1100 g/mol. The molecule has 0 amide bonds. The molecule has 0 N–H and O–H groups in total. The molecule has 0 aliphatic rings. The van der Waals surface area contributed by atoms with Crippen molar-refractivity contribution in [2.75, 3.05) is 0 Å². The molecule has 422 valence electrons. The Morgan fingerprint density at radius 3 is 0.930 bits per heavy atom. The summed E-state index contributed by atoms with van der Waals surface area (Å²) in [7, 11) is 0. The molecule has 0 saturated carbocycles. The fraction of sp³-hybridized carbons (Fsp3) is 0.154. The molecule has 6 aromatic heterocycles. The standard InChI is InChI=1S/C65H45F6N15/c1-31-73-32(2)78-60(77-31)39-18-22-51-45(26-39)46-27-40(61-79-33(3)74-34(4)80-61)19-23-52(46)85(51)55-16-9-12-43(30-72)57(55)59-44(58-49(64(66,67)68)14-11-15-50(58)65(69,70)71)13-10-17-56(59)86-53-24-20-41(62-81-35(5)75-36(6)82-62)28-47(53)48-29-42(21-25-54(48)86)63-83-37(7)76-38(8)84-63/h9-29H,1-8H3. The van der Waals surface area contributed by atoms with Crippen molar-refractivity contribution < 1.29 is 26.3 Å². The molecule has 0 radical (unpaired) electrons. The van der Waals surface area contributed by atoms with Gasteiger partial charge in [0.2, 0.25) is 0 Å². The molecule has 0 aliphatic heterocycles. The third kappa shape index (κ3) is 9.44. The Morgan fingerprint density at radius 1 is 0.337 bits per heavy atom. The van der Waals surface area contributed by atoms with E-state index in [1.807, 2.05) is 65.2 Å². The summed E-state index contributed by atoms with van der Waals surface area (Å²) >= 11 is 0. The van der Waals surface area contributed by atoms with Crippen molar-refractivity contribution in [3.8, 4) is 85.2 Å². The summed E-state index contributed by atoms with van der Waals surface area (Å²) < 4.78 is 98.4. The molecule has 0 saturated heterocycles. The maximum absolute atomic E-state index is 15.8. The molecule has 86 heavy (non-hydrogen) atoms. The lowest BCUT2D eigenvalue weighted by Crippen LogP contribution is -2.15. The zero-order chi connectivity index (χ0) is 60.2. The van der Waals surface area contributed by atoms with Crippen molar-refractivity contribution in [2.24, 2.45) is 0 Å². The Morgan fingerprint density at radius 2 is 0.628 bits per heavy atom. The topological polar surface area (TPSA) is 188 Å². The largest absolute Gasteiger partial charge is 0.417 e. The van der Waals surface area contributed by atoms with Crippen LogP contribution in [0.1, 0.15) is 63.3 Å². The van der Waals surface area contributed by atoms with Crippen LogP contribution < -0.4 is 0 Å². The van der Waals surface area contributed by atoms with Gasteiger partial charge in [-0.3, -0.25) is 0 Å². The summed E-state index contributed by atoms with van der Waals surface area (Å²) in [4.78, 5) is 54.8. The molecular formula is C65H45F6N15. The number of aromatic nitrogens is 14. The van der Waals surface area contributed by atoms with E-state index in [2.05, 4.69) is 65.9 Å². The maximum atomic E-state index is 15.8. The van der Waals surface area contributed by atoms with Gasteiger partial charge in [0, 0.05) is 60.5 Å². The SMILES string of the molecule is Cc1nc(C)nc(-c2ccc3c(c2)c2cc(-c4nc(C)nc(C)n4)ccc2n3-c2cccc(C#N)c2-c2c(-c3c(C(F)(F)F)cccc3C(F)(F)F)cccc2-n2c3ccc(-c4nc(C)nc(C)n4)cc3c3cc(-c4nc(C)nc(C)n4)ccc32)n1. The van der Waals surface area contributed by atoms with Crippen LogP contribution in [0.4, 0.5) is 26.3 Å². The summed E-state index contributed by atoms with van der Waals surface area (Å²) in [5.74, 6) is 5.45. The Kier molecular flexibility index (Phi) is 12.8. The third-order valence-electron chi connectivity index (χ3n) is 14.9. The number of nitrogens with zero attached hydrogens (tertiary/aromatic N) is 15. The van der Waals surface area contributed by atoms with Gasteiger partial charge in [0.05, 0.1) is 56.2 Å². The normalized spacial score (nSPS) is 12.1. The zero-order valence-corrected chi connectivity index (χ0v) is 47.1. The highest BCUT2D eigenvalue weighted by Crippen LogP contribution is 2.52. The molecule has 7 aromatic carbocycles. The number of rotatable bonds is 8. The van der Waals surface area contributed by atoms with Gasteiger partial charge < -0.3 is 9.13 Å². The Balaban J connectivity index is 1.19. The first kappa shape index (κ1) is 54.5. The van der Waals surface area contributed by atoms with Crippen LogP contribution in [0.25, 0.3) is 123 Å². The quantitative estimate of drug-likeness (QED) is 0.131. The molecule has 0 bridgehead atoms. The van der Waals surface area contributed by atoms with E-state index >= 15 is 26.3 Å². The number of halogens is 6. The molecule has 0 unspecified atom stereocenters. The molecule has 13 rings (SSSR count). The van der Waals surface area contributed by atoms with Crippen LogP contribution in [0.15, 0.2) is 127 Å². The Labute approximate surface area is 485 Å². The Bertz CT molecular complexity index is 4730. The predicted molar refractivity (Wildman–Crippen MR) is 314 cm³/mol. The number of nitriles is 1. The first-order valence-corrected chi connectivity index (χ1v) is 27.0. The van der Waals surface area contributed by atoms with Crippen molar-refractivity contribution in [1.82, 2.24) is 68.9 Å². The molecule has 21 heteroatoms.